The van der Waals surface area contributed by atoms with Gasteiger partial charge in [-0.2, -0.15) is 0 Å². The van der Waals surface area contributed by atoms with E-state index in [9.17, 15) is 14.7 Å². The van der Waals surface area contributed by atoms with Crippen molar-refractivity contribution in [2.24, 2.45) is 5.41 Å². The number of carbonyl (C=O) groups excluding carboxylic acids is 1. The van der Waals surface area contributed by atoms with Crippen molar-refractivity contribution >= 4 is 40.5 Å². The van der Waals surface area contributed by atoms with Gasteiger partial charge in [-0.25, -0.2) is 4.98 Å². The zero-order valence-electron chi connectivity index (χ0n) is 22.1. The van der Waals surface area contributed by atoms with Gasteiger partial charge in [0.05, 0.1) is 31.3 Å². The Kier molecular flexibility index (Phi) is 8.80. The molecule has 0 unspecified atom stereocenters. The zero-order chi connectivity index (χ0) is 28.3. The number of anilines is 1. The average Bonchev–Trinajstić information content (AvgIpc) is 3.30. The number of amides is 1. The molecular weight excluding hydrogens is 544 g/mol. The summed E-state index contributed by atoms with van der Waals surface area (Å²) in [6.45, 7) is 3.83. The van der Waals surface area contributed by atoms with Gasteiger partial charge in [0.15, 0.2) is 11.5 Å². The summed E-state index contributed by atoms with van der Waals surface area (Å²) in [6.07, 6.45) is -1.82. The molecule has 3 aromatic rings. The lowest BCUT2D eigenvalue weighted by Gasteiger charge is -2.32. The number of halogens is 1. The normalized spacial score (nSPS) is 17.5. The Morgan fingerprint density at radius 3 is 2.64 bits per heavy atom. The highest BCUT2D eigenvalue weighted by atomic mass is 35.5. The largest absolute Gasteiger partial charge is 0.493 e. The number of benzene rings is 2. The predicted molar refractivity (Wildman–Crippen MR) is 148 cm³/mol. The fraction of sp³-hybridized carbons (Fsp3) is 0.393. The van der Waals surface area contributed by atoms with E-state index in [1.54, 1.807) is 41.7 Å². The van der Waals surface area contributed by atoms with Crippen LogP contribution in [0.5, 0.6) is 11.5 Å². The molecule has 9 nitrogen and oxygen atoms in total. The van der Waals surface area contributed by atoms with Crippen LogP contribution < -0.4 is 14.4 Å². The van der Waals surface area contributed by atoms with Crippen molar-refractivity contribution < 1.29 is 34.0 Å². The molecule has 2 N–H and O–H groups in total. The molecule has 0 saturated carbocycles. The molecule has 0 radical (unpaired) electrons. The Bertz CT molecular complexity index is 1360. The van der Waals surface area contributed by atoms with Crippen LogP contribution in [0.15, 0.2) is 41.8 Å². The maximum Gasteiger partial charge on any atom is 0.309 e. The lowest BCUT2D eigenvalue weighted by Crippen LogP contribution is -2.45. The minimum Gasteiger partial charge on any atom is -0.493 e. The molecule has 0 saturated heterocycles. The minimum atomic E-state index is -0.983. The number of aliphatic carboxylic acids is 1. The number of hydrogen-bond acceptors (Lipinski definition) is 8. The molecule has 1 aliphatic rings. The summed E-state index contributed by atoms with van der Waals surface area (Å²) in [5.41, 5.74) is 1.72. The van der Waals surface area contributed by atoms with Crippen LogP contribution in [0.2, 0.25) is 5.02 Å². The molecule has 0 fully saturated rings. The molecule has 4 rings (SSSR count). The van der Waals surface area contributed by atoms with Crippen molar-refractivity contribution in [2.45, 2.75) is 38.9 Å². The first-order valence-electron chi connectivity index (χ1n) is 12.3. The number of aliphatic hydroxyl groups excluding tert-OH is 1. The van der Waals surface area contributed by atoms with Crippen molar-refractivity contribution in [2.75, 3.05) is 32.3 Å². The van der Waals surface area contributed by atoms with Gasteiger partial charge < -0.3 is 29.3 Å². The SMILES string of the molecule is COc1cccc([C@H]2O[C@H](Cc3nc(CC(=O)O)cs3)C(=O)N(CC(C)(C)CO)c3ccc(Cl)cc32)c1OC. The minimum absolute atomic E-state index is 0.129. The second-order valence-corrected chi connectivity index (χ2v) is 11.4. The monoisotopic (exact) mass is 574 g/mol. The van der Waals surface area contributed by atoms with Gasteiger partial charge in [-0.15, -0.1) is 11.3 Å². The number of hydrogen-bond donors (Lipinski definition) is 2. The highest BCUT2D eigenvalue weighted by Crippen LogP contribution is 2.45. The number of carbonyl (C=O) groups is 2. The van der Waals surface area contributed by atoms with Gasteiger partial charge in [0, 0.05) is 52.2 Å². The topological polar surface area (TPSA) is 118 Å². The Morgan fingerprint density at radius 2 is 1.97 bits per heavy atom. The number of methoxy groups -OCH3 is 2. The standard InChI is InChI=1S/C28H31ClN2O7S/c1-28(2,15-32)14-31-20-9-8-16(29)10-19(20)25(18-6-5-7-21(36-3)26(18)37-4)38-22(27(31)35)12-23-30-17(13-39-23)11-24(33)34/h5-10,13,22,25,32H,11-12,14-15H2,1-4H3,(H,33,34)/t22-,25-/m1/s1. The number of thiazole rings is 1. The number of fused-ring (bicyclic) bond motifs is 1. The number of carboxylic acid groups (broad SMARTS) is 1. The van der Waals surface area contributed by atoms with E-state index in [1.807, 2.05) is 26.0 Å². The molecule has 208 valence electrons. The Balaban J connectivity index is 1.87. The number of rotatable bonds is 10. The third-order valence-corrected chi connectivity index (χ3v) is 7.58. The highest BCUT2D eigenvalue weighted by molar-refractivity contribution is 7.09. The van der Waals surface area contributed by atoms with Crippen LogP contribution in [-0.4, -0.2) is 60.5 Å². The number of aliphatic hydroxyl groups is 1. The molecule has 2 aromatic carbocycles. The zero-order valence-corrected chi connectivity index (χ0v) is 23.7. The van der Waals surface area contributed by atoms with Gasteiger partial charge in [-0.3, -0.25) is 9.59 Å². The van der Waals surface area contributed by atoms with E-state index in [1.165, 1.54) is 18.4 Å². The smallest absolute Gasteiger partial charge is 0.309 e. The molecule has 0 bridgehead atoms. The number of carboxylic acids is 1. The fourth-order valence-electron chi connectivity index (χ4n) is 4.54. The van der Waals surface area contributed by atoms with Gasteiger partial charge >= 0.3 is 5.97 Å². The Morgan fingerprint density at radius 1 is 1.21 bits per heavy atom. The second-order valence-electron chi connectivity index (χ2n) is 10.0. The van der Waals surface area contributed by atoms with Gasteiger partial charge in [-0.05, 0) is 24.3 Å². The highest BCUT2D eigenvalue weighted by Gasteiger charge is 2.40. The van der Waals surface area contributed by atoms with E-state index in [0.717, 1.165) is 0 Å². The molecule has 2 atom stereocenters. The van der Waals surface area contributed by atoms with Crippen LogP contribution in [0.4, 0.5) is 5.69 Å². The molecule has 1 aromatic heterocycles. The van der Waals surface area contributed by atoms with E-state index in [-0.39, 0.29) is 31.9 Å². The summed E-state index contributed by atoms with van der Waals surface area (Å²) in [5.74, 6) is -0.321. The Hall–Kier alpha value is -3.18. The third kappa shape index (κ3) is 6.36. The predicted octanol–water partition coefficient (Wildman–Crippen LogP) is 4.52. The second kappa shape index (κ2) is 11.9. The van der Waals surface area contributed by atoms with E-state index in [2.05, 4.69) is 4.98 Å². The molecule has 0 aliphatic carbocycles. The average molecular weight is 575 g/mol. The maximum absolute atomic E-state index is 14.1. The quantitative estimate of drug-likeness (QED) is 0.363. The summed E-state index contributed by atoms with van der Waals surface area (Å²) in [5, 5.41) is 21.9. The summed E-state index contributed by atoms with van der Waals surface area (Å²) < 4.78 is 17.8. The third-order valence-electron chi connectivity index (χ3n) is 6.43. The van der Waals surface area contributed by atoms with Gasteiger partial charge in [0.2, 0.25) is 0 Å². The maximum atomic E-state index is 14.1. The fourth-order valence-corrected chi connectivity index (χ4v) is 5.55. The van der Waals surface area contributed by atoms with Gasteiger partial charge in [0.1, 0.15) is 12.2 Å². The molecule has 1 amide bonds. The molecule has 2 heterocycles. The first-order valence-corrected chi connectivity index (χ1v) is 13.6. The van der Waals surface area contributed by atoms with Crippen LogP contribution in [0.25, 0.3) is 0 Å². The van der Waals surface area contributed by atoms with Crippen LogP contribution in [0, 0.1) is 5.41 Å². The van der Waals surface area contributed by atoms with Crippen LogP contribution in [0.3, 0.4) is 0 Å². The number of aromatic nitrogens is 1. The summed E-state index contributed by atoms with van der Waals surface area (Å²) >= 11 is 7.74. The number of ether oxygens (including phenoxy) is 3. The van der Waals surface area contributed by atoms with E-state index >= 15 is 0 Å². The van der Waals surface area contributed by atoms with Crippen LogP contribution in [-0.2, 0) is 27.2 Å². The van der Waals surface area contributed by atoms with Gasteiger partial charge in [0.25, 0.3) is 5.91 Å². The Labute approximate surface area is 235 Å². The number of nitrogens with zero attached hydrogens (tertiary/aromatic N) is 2. The molecule has 0 spiro atoms. The van der Waals surface area contributed by atoms with E-state index in [0.29, 0.717) is 44.0 Å². The van der Waals surface area contributed by atoms with Crippen LogP contribution >= 0.6 is 22.9 Å². The number of para-hydroxylation sites is 1. The summed E-state index contributed by atoms with van der Waals surface area (Å²) in [7, 11) is 3.08. The van der Waals surface area contributed by atoms with Crippen molar-refractivity contribution in [1.82, 2.24) is 4.98 Å². The van der Waals surface area contributed by atoms with Crippen molar-refractivity contribution in [1.29, 1.82) is 0 Å². The summed E-state index contributed by atoms with van der Waals surface area (Å²) in [6, 6.07) is 10.7. The van der Waals surface area contributed by atoms with E-state index in [4.69, 9.17) is 30.9 Å². The summed E-state index contributed by atoms with van der Waals surface area (Å²) in [4.78, 5) is 31.4. The molecule has 1 aliphatic heterocycles. The molecular formula is C28H31ClN2O7S. The van der Waals surface area contributed by atoms with Crippen LogP contribution in [0.1, 0.15) is 41.8 Å². The van der Waals surface area contributed by atoms with Crippen molar-refractivity contribution in [3.8, 4) is 11.5 Å². The molecule has 39 heavy (non-hydrogen) atoms. The lowest BCUT2D eigenvalue weighted by atomic mass is 9.92. The van der Waals surface area contributed by atoms with E-state index < -0.39 is 23.6 Å². The first kappa shape index (κ1) is 28.8. The molecule has 11 heteroatoms. The van der Waals surface area contributed by atoms with Crippen molar-refractivity contribution in [3.63, 3.8) is 0 Å². The van der Waals surface area contributed by atoms with Crippen molar-refractivity contribution in [3.05, 3.63) is 68.6 Å². The first-order chi connectivity index (χ1) is 18.6. The van der Waals surface area contributed by atoms with Gasteiger partial charge in [-0.1, -0.05) is 37.6 Å². The lowest BCUT2D eigenvalue weighted by molar-refractivity contribution is -0.136.